The molecule has 21 heavy (non-hydrogen) atoms. The number of nitrogens with zero attached hydrogens (tertiary/aromatic N) is 2. The van der Waals surface area contributed by atoms with Crippen molar-refractivity contribution in [3.8, 4) is 0 Å². The smallest absolute Gasteiger partial charge is 0.317 e. The van der Waals surface area contributed by atoms with Crippen molar-refractivity contribution < 1.29 is 14.3 Å². The Morgan fingerprint density at radius 1 is 1.24 bits per heavy atom. The van der Waals surface area contributed by atoms with E-state index in [2.05, 4.69) is 10.6 Å². The summed E-state index contributed by atoms with van der Waals surface area (Å²) in [5.41, 5.74) is 0. The number of amides is 3. The van der Waals surface area contributed by atoms with Crippen LogP contribution in [0.1, 0.15) is 13.8 Å². The molecule has 0 aromatic carbocycles. The highest BCUT2D eigenvalue weighted by molar-refractivity contribution is 5.85. The lowest BCUT2D eigenvalue weighted by Gasteiger charge is -2.38. The molecule has 2 saturated heterocycles. The van der Waals surface area contributed by atoms with Gasteiger partial charge in [-0.25, -0.2) is 4.79 Å². The maximum atomic E-state index is 12.4. The van der Waals surface area contributed by atoms with Crippen LogP contribution >= 0.6 is 12.4 Å². The molecule has 2 aliphatic heterocycles. The minimum atomic E-state index is -0.264. The third kappa shape index (κ3) is 4.46. The maximum absolute atomic E-state index is 12.4. The molecule has 0 saturated carbocycles. The predicted molar refractivity (Wildman–Crippen MR) is 81.7 cm³/mol. The minimum absolute atomic E-state index is 0. The molecule has 0 bridgehead atoms. The van der Waals surface area contributed by atoms with Gasteiger partial charge in [0.05, 0.1) is 12.7 Å². The second-order valence-electron chi connectivity index (χ2n) is 5.16. The molecule has 2 atom stereocenters. The fourth-order valence-electron chi connectivity index (χ4n) is 2.60. The van der Waals surface area contributed by atoms with Crippen molar-refractivity contribution in [3.63, 3.8) is 0 Å². The molecule has 2 aliphatic rings. The zero-order valence-electron chi connectivity index (χ0n) is 12.6. The molecule has 122 valence electrons. The summed E-state index contributed by atoms with van der Waals surface area (Å²) >= 11 is 0. The number of carbonyl (C=O) groups is 2. The molecule has 2 N–H and O–H groups in total. The van der Waals surface area contributed by atoms with Gasteiger partial charge in [-0.05, 0) is 13.8 Å². The van der Waals surface area contributed by atoms with Gasteiger partial charge >= 0.3 is 6.03 Å². The first-order valence-corrected chi connectivity index (χ1v) is 7.30. The lowest BCUT2D eigenvalue weighted by molar-refractivity contribution is -0.140. The van der Waals surface area contributed by atoms with E-state index < -0.39 is 0 Å². The highest BCUT2D eigenvalue weighted by Crippen LogP contribution is 2.10. The quantitative estimate of drug-likeness (QED) is 0.730. The summed E-state index contributed by atoms with van der Waals surface area (Å²) in [4.78, 5) is 27.7. The van der Waals surface area contributed by atoms with Gasteiger partial charge in [0.1, 0.15) is 6.04 Å². The van der Waals surface area contributed by atoms with Gasteiger partial charge in [0.25, 0.3) is 0 Å². The van der Waals surface area contributed by atoms with Crippen molar-refractivity contribution in [3.05, 3.63) is 0 Å². The maximum Gasteiger partial charge on any atom is 0.317 e. The first-order valence-electron chi connectivity index (χ1n) is 7.30. The van der Waals surface area contributed by atoms with Crippen LogP contribution in [0.25, 0.3) is 0 Å². The number of piperazine rings is 1. The van der Waals surface area contributed by atoms with Gasteiger partial charge in [-0.3, -0.25) is 4.79 Å². The molecule has 0 aromatic heterocycles. The van der Waals surface area contributed by atoms with Crippen LogP contribution < -0.4 is 10.6 Å². The fraction of sp³-hybridized carbons (Fsp3) is 0.846. The van der Waals surface area contributed by atoms with Crippen molar-refractivity contribution in [2.45, 2.75) is 26.0 Å². The summed E-state index contributed by atoms with van der Waals surface area (Å²) in [5, 5.41) is 5.99. The summed E-state index contributed by atoms with van der Waals surface area (Å²) in [7, 11) is 0. The number of morpholine rings is 1. The fourth-order valence-corrected chi connectivity index (χ4v) is 2.60. The normalized spacial score (nSPS) is 26.0. The van der Waals surface area contributed by atoms with Crippen LogP contribution in [-0.2, 0) is 9.53 Å². The second kappa shape index (κ2) is 8.41. The predicted octanol–water partition coefficient (Wildman–Crippen LogP) is -0.341. The lowest BCUT2D eigenvalue weighted by Crippen LogP contribution is -2.60. The Balaban J connectivity index is 0.00000220. The molecule has 0 radical (unpaired) electrons. The van der Waals surface area contributed by atoms with Gasteiger partial charge in [0.15, 0.2) is 0 Å². The number of nitrogens with one attached hydrogen (secondary N) is 2. The number of halogens is 1. The first-order chi connectivity index (χ1) is 9.63. The Kier molecular flexibility index (Phi) is 7.21. The van der Waals surface area contributed by atoms with E-state index in [0.717, 1.165) is 0 Å². The molecule has 2 heterocycles. The molecule has 8 heteroatoms. The molecule has 2 fully saturated rings. The van der Waals surface area contributed by atoms with Gasteiger partial charge in [0, 0.05) is 39.3 Å². The summed E-state index contributed by atoms with van der Waals surface area (Å²) in [6, 6.07) is -0.313. The lowest BCUT2D eigenvalue weighted by atomic mass is 10.1. The van der Waals surface area contributed by atoms with Gasteiger partial charge in [-0.2, -0.15) is 0 Å². The van der Waals surface area contributed by atoms with E-state index >= 15 is 0 Å². The minimum Gasteiger partial charge on any atom is -0.375 e. The zero-order valence-corrected chi connectivity index (χ0v) is 13.4. The first kappa shape index (κ1) is 18.0. The molecule has 0 unspecified atom stereocenters. The number of hydrogen-bond donors (Lipinski definition) is 2. The number of rotatable bonds is 2. The Morgan fingerprint density at radius 2 is 1.86 bits per heavy atom. The number of ether oxygens (including phenoxy) is 1. The Labute approximate surface area is 131 Å². The highest BCUT2D eigenvalue weighted by Gasteiger charge is 2.33. The van der Waals surface area contributed by atoms with Gasteiger partial charge in [0.2, 0.25) is 5.91 Å². The van der Waals surface area contributed by atoms with Crippen molar-refractivity contribution in [2.24, 2.45) is 0 Å². The van der Waals surface area contributed by atoms with Gasteiger partial charge < -0.3 is 25.2 Å². The Bertz CT molecular complexity index is 361. The summed E-state index contributed by atoms with van der Waals surface area (Å²) in [5.74, 6) is 0.0766. The largest absolute Gasteiger partial charge is 0.375 e. The highest BCUT2D eigenvalue weighted by atomic mass is 35.5. The van der Waals surface area contributed by atoms with Gasteiger partial charge in [-0.15, -0.1) is 12.4 Å². The third-order valence-electron chi connectivity index (χ3n) is 3.79. The summed E-state index contributed by atoms with van der Waals surface area (Å²) < 4.78 is 5.51. The van der Waals surface area contributed by atoms with Crippen LogP contribution in [-0.4, -0.2) is 79.8 Å². The average molecular weight is 321 g/mol. The van der Waals surface area contributed by atoms with E-state index in [4.69, 9.17) is 4.74 Å². The van der Waals surface area contributed by atoms with Crippen molar-refractivity contribution >= 4 is 24.3 Å². The van der Waals surface area contributed by atoms with E-state index in [1.165, 1.54) is 0 Å². The van der Waals surface area contributed by atoms with E-state index in [1.807, 2.05) is 18.7 Å². The zero-order chi connectivity index (χ0) is 14.5. The molecule has 7 nitrogen and oxygen atoms in total. The van der Waals surface area contributed by atoms with Crippen LogP contribution in [0.15, 0.2) is 0 Å². The molecule has 0 spiro atoms. The van der Waals surface area contributed by atoms with Crippen LogP contribution in [0.2, 0.25) is 0 Å². The molecular weight excluding hydrogens is 296 g/mol. The number of hydrogen-bond acceptors (Lipinski definition) is 4. The molecule has 3 amide bonds. The van der Waals surface area contributed by atoms with Crippen molar-refractivity contribution in [1.29, 1.82) is 0 Å². The second-order valence-corrected chi connectivity index (χ2v) is 5.16. The van der Waals surface area contributed by atoms with E-state index in [1.54, 1.807) is 4.90 Å². The summed E-state index contributed by atoms with van der Waals surface area (Å²) in [6.07, 6.45) is -0.0994. The number of urea groups is 1. The number of carbonyl (C=O) groups excluding carboxylic acids is 2. The van der Waals surface area contributed by atoms with E-state index in [0.29, 0.717) is 45.9 Å². The molecule has 2 rings (SSSR count). The van der Waals surface area contributed by atoms with Crippen molar-refractivity contribution in [1.82, 2.24) is 20.4 Å². The van der Waals surface area contributed by atoms with Crippen LogP contribution in [0.5, 0.6) is 0 Å². The van der Waals surface area contributed by atoms with Gasteiger partial charge in [-0.1, -0.05) is 0 Å². The molecule has 0 aromatic rings. The van der Waals surface area contributed by atoms with E-state index in [-0.39, 0.29) is 36.5 Å². The monoisotopic (exact) mass is 320 g/mol. The molecular formula is C13H25ClN4O3. The average Bonchev–Trinajstić information content (AvgIpc) is 2.47. The molecule has 0 aliphatic carbocycles. The SMILES string of the molecule is CCNC(=O)N1CCN(C(=O)[C@H]2NCCO[C@@H]2C)CC1.Cl. The van der Waals surface area contributed by atoms with Crippen LogP contribution in [0, 0.1) is 0 Å². The Morgan fingerprint density at radius 3 is 2.43 bits per heavy atom. The van der Waals surface area contributed by atoms with E-state index in [9.17, 15) is 9.59 Å². The van der Waals surface area contributed by atoms with Crippen molar-refractivity contribution in [2.75, 3.05) is 45.9 Å². The topological polar surface area (TPSA) is 73.9 Å². The van der Waals surface area contributed by atoms with Crippen LogP contribution in [0.3, 0.4) is 0 Å². The van der Waals surface area contributed by atoms with Crippen LogP contribution in [0.4, 0.5) is 4.79 Å². The Hall–Kier alpha value is -1.05. The summed E-state index contributed by atoms with van der Waals surface area (Å²) in [6.45, 7) is 8.13. The standard InChI is InChI=1S/C13H24N4O3.ClH/c1-3-14-13(19)17-7-5-16(6-8-17)12(18)11-10(2)20-9-4-15-11;/h10-11,15H,3-9H2,1-2H3,(H,14,19);1H/t10-,11+;/m1./s1. The third-order valence-corrected chi connectivity index (χ3v) is 3.79.